The number of aliphatic hydroxyl groups excluding tert-OH is 1. The molecule has 0 amide bonds. The number of ether oxygens (including phenoxy) is 2. The molecule has 10 nitrogen and oxygen atoms in total. The van der Waals surface area contributed by atoms with Crippen LogP contribution in [-0.2, 0) is 6.54 Å². The highest BCUT2D eigenvalue weighted by molar-refractivity contribution is 5.83. The first-order chi connectivity index (χ1) is 16.0. The zero-order valence-corrected chi connectivity index (χ0v) is 19.0. The number of aromatic nitrogens is 5. The Morgan fingerprint density at radius 2 is 1.97 bits per heavy atom. The van der Waals surface area contributed by atoms with Gasteiger partial charge in [-0.3, -0.25) is 9.69 Å². The average Bonchev–Trinajstić information content (AvgIpc) is 3.54. The van der Waals surface area contributed by atoms with E-state index in [1.165, 1.54) is 12.8 Å². The van der Waals surface area contributed by atoms with Gasteiger partial charge in [-0.05, 0) is 41.3 Å². The van der Waals surface area contributed by atoms with Crippen LogP contribution < -0.4 is 15.0 Å². The van der Waals surface area contributed by atoms with Crippen molar-refractivity contribution in [3.63, 3.8) is 0 Å². The van der Waals surface area contributed by atoms with E-state index in [9.17, 15) is 9.90 Å². The van der Waals surface area contributed by atoms with E-state index in [1.54, 1.807) is 6.07 Å². The predicted molar refractivity (Wildman–Crippen MR) is 121 cm³/mol. The van der Waals surface area contributed by atoms with E-state index in [2.05, 4.69) is 39.3 Å². The second kappa shape index (κ2) is 9.11. The highest BCUT2D eigenvalue weighted by Crippen LogP contribution is 2.36. The summed E-state index contributed by atoms with van der Waals surface area (Å²) >= 11 is 0. The molecule has 1 aliphatic heterocycles. The van der Waals surface area contributed by atoms with Crippen LogP contribution in [0.1, 0.15) is 63.0 Å². The molecule has 1 unspecified atom stereocenters. The minimum atomic E-state index is -0.165. The maximum Gasteiger partial charge on any atom is 0.252 e. The molecule has 1 aliphatic carbocycles. The first kappa shape index (κ1) is 21.8. The van der Waals surface area contributed by atoms with Gasteiger partial charge < -0.3 is 19.6 Å². The van der Waals surface area contributed by atoms with Crippen LogP contribution in [0.3, 0.4) is 0 Å². The summed E-state index contributed by atoms with van der Waals surface area (Å²) in [5, 5.41) is 23.4. The van der Waals surface area contributed by atoms with Crippen molar-refractivity contribution >= 4 is 10.9 Å². The normalized spacial score (nSPS) is 17.0. The number of nitrogens with one attached hydrogen (secondary N) is 1. The molecule has 1 atom stereocenters. The number of tetrazole rings is 1. The minimum absolute atomic E-state index is 0.0294. The van der Waals surface area contributed by atoms with Gasteiger partial charge in [0.15, 0.2) is 17.3 Å². The lowest BCUT2D eigenvalue weighted by atomic mass is 10.00. The van der Waals surface area contributed by atoms with Gasteiger partial charge in [0.2, 0.25) is 6.79 Å². The molecule has 3 aromatic rings. The van der Waals surface area contributed by atoms with Crippen LogP contribution in [-0.4, -0.2) is 55.1 Å². The largest absolute Gasteiger partial charge is 0.454 e. The molecular formula is C23H30N6O4. The fraction of sp³-hybridized carbons (Fsp3) is 0.565. The number of fused-ring (bicyclic) bond motifs is 2. The van der Waals surface area contributed by atoms with Crippen LogP contribution in [0, 0.1) is 5.92 Å². The van der Waals surface area contributed by atoms with Gasteiger partial charge in [-0.15, -0.1) is 5.10 Å². The van der Waals surface area contributed by atoms with Crippen molar-refractivity contribution in [1.82, 2.24) is 30.1 Å². The number of hydrogen-bond acceptors (Lipinski definition) is 8. The molecule has 176 valence electrons. The van der Waals surface area contributed by atoms with E-state index < -0.39 is 0 Å². The van der Waals surface area contributed by atoms with Gasteiger partial charge in [0.05, 0.1) is 24.2 Å². The summed E-state index contributed by atoms with van der Waals surface area (Å²) in [6, 6.07) is 5.73. The molecule has 0 bridgehead atoms. The monoisotopic (exact) mass is 454 g/mol. The Hall–Kier alpha value is -2.98. The van der Waals surface area contributed by atoms with Gasteiger partial charge >= 0.3 is 0 Å². The van der Waals surface area contributed by atoms with Crippen LogP contribution in [0.2, 0.25) is 0 Å². The lowest BCUT2D eigenvalue weighted by Gasteiger charge is -2.33. The summed E-state index contributed by atoms with van der Waals surface area (Å²) < 4.78 is 12.9. The zero-order chi connectivity index (χ0) is 22.9. The summed E-state index contributed by atoms with van der Waals surface area (Å²) in [6.07, 6.45) is 4.51. The van der Waals surface area contributed by atoms with Crippen LogP contribution in [0.25, 0.3) is 10.9 Å². The van der Waals surface area contributed by atoms with Gasteiger partial charge in [-0.2, -0.15) is 0 Å². The van der Waals surface area contributed by atoms with E-state index in [-0.39, 0.29) is 30.9 Å². The van der Waals surface area contributed by atoms with Crippen LogP contribution in [0.5, 0.6) is 11.5 Å². The number of aromatic amines is 1. The van der Waals surface area contributed by atoms with Gasteiger partial charge in [-0.25, -0.2) is 4.68 Å². The quantitative estimate of drug-likeness (QED) is 0.533. The molecule has 2 N–H and O–H groups in total. The second-order valence-corrected chi connectivity index (χ2v) is 9.22. The van der Waals surface area contributed by atoms with Crippen molar-refractivity contribution in [3.8, 4) is 11.5 Å². The Morgan fingerprint density at radius 3 is 2.70 bits per heavy atom. The predicted octanol–water partition coefficient (Wildman–Crippen LogP) is 2.55. The summed E-state index contributed by atoms with van der Waals surface area (Å²) in [7, 11) is 0. The number of nitrogens with zero attached hydrogens (tertiary/aromatic N) is 5. The maximum absolute atomic E-state index is 13.0. The number of pyridine rings is 1. The third-order valence-corrected chi connectivity index (χ3v) is 6.65. The van der Waals surface area contributed by atoms with Crippen molar-refractivity contribution in [2.45, 2.75) is 58.2 Å². The van der Waals surface area contributed by atoms with Crippen molar-refractivity contribution < 1.29 is 14.6 Å². The molecule has 2 aliphatic rings. The van der Waals surface area contributed by atoms with Gasteiger partial charge in [-0.1, -0.05) is 26.7 Å². The molecule has 1 fully saturated rings. The van der Waals surface area contributed by atoms with Crippen LogP contribution >= 0.6 is 0 Å². The van der Waals surface area contributed by atoms with Gasteiger partial charge in [0.25, 0.3) is 5.56 Å². The summed E-state index contributed by atoms with van der Waals surface area (Å²) in [6.45, 7) is 5.15. The molecule has 0 radical (unpaired) electrons. The fourth-order valence-electron chi connectivity index (χ4n) is 5.11. The van der Waals surface area contributed by atoms with Crippen molar-refractivity contribution in [2.24, 2.45) is 5.92 Å². The molecule has 33 heavy (non-hydrogen) atoms. The lowest BCUT2D eigenvalue weighted by molar-refractivity contribution is 0.104. The van der Waals surface area contributed by atoms with Crippen LogP contribution in [0.4, 0.5) is 0 Å². The molecule has 5 rings (SSSR count). The molecule has 1 aromatic carbocycles. The number of hydrogen-bond donors (Lipinski definition) is 2. The Morgan fingerprint density at radius 1 is 1.21 bits per heavy atom. The number of aliphatic hydroxyl groups is 1. The Kier molecular flexibility index (Phi) is 6.03. The Balaban J connectivity index is 1.50. The van der Waals surface area contributed by atoms with Crippen LogP contribution in [0.15, 0.2) is 23.0 Å². The highest BCUT2D eigenvalue weighted by atomic mass is 16.7. The summed E-state index contributed by atoms with van der Waals surface area (Å²) in [5.74, 6) is 2.27. The van der Waals surface area contributed by atoms with E-state index in [4.69, 9.17) is 9.47 Å². The number of benzene rings is 1. The molecule has 2 aromatic heterocycles. The molecule has 0 spiro atoms. The second-order valence-electron chi connectivity index (χ2n) is 9.22. The SMILES string of the molecule is CC(C)C(c1nnnn1C1CCCC1)N(CCO)Cc1cc2cc3c(cc2[nH]c1=O)OCO3. The maximum atomic E-state index is 13.0. The fourth-order valence-corrected chi connectivity index (χ4v) is 5.11. The van der Waals surface area contributed by atoms with Gasteiger partial charge in [0, 0.05) is 30.1 Å². The van der Waals surface area contributed by atoms with Crippen molar-refractivity contribution in [3.05, 3.63) is 39.9 Å². The van der Waals surface area contributed by atoms with Crippen molar-refractivity contribution in [2.75, 3.05) is 19.9 Å². The Bertz CT molecular complexity index is 1180. The zero-order valence-electron chi connectivity index (χ0n) is 19.0. The molecule has 10 heteroatoms. The van der Waals surface area contributed by atoms with E-state index >= 15 is 0 Å². The molecular weight excluding hydrogens is 424 g/mol. The third-order valence-electron chi connectivity index (χ3n) is 6.65. The van der Waals surface area contributed by atoms with E-state index in [0.717, 1.165) is 24.1 Å². The highest BCUT2D eigenvalue weighted by Gasteiger charge is 2.32. The molecule has 0 saturated heterocycles. The smallest absolute Gasteiger partial charge is 0.252 e. The first-order valence-corrected chi connectivity index (χ1v) is 11.6. The minimum Gasteiger partial charge on any atom is -0.454 e. The molecule has 3 heterocycles. The average molecular weight is 455 g/mol. The third kappa shape index (κ3) is 4.20. The lowest BCUT2D eigenvalue weighted by Crippen LogP contribution is -2.37. The van der Waals surface area contributed by atoms with Crippen molar-refractivity contribution in [1.29, 1.82) is 0 Å². The van der Waals surface area contributed by atoms with E-state index in [0.29, 0.717) is 41.7 Å². The Labute approximate surface area is 191 Å². The number of rotatable bonds is 8. The van der Waals surface area contributed by atoms with Gasteiger partial charge in [0.1, 0.15) is 0 Å². The van der Waals surface area contributed by atoms with E-state index in [1.807, 2.05) is 16.8 Å². The summed E-state index contributed by atoms with van der Waals surface area (Å²) in [4.78, 5) is 18.0. The first-order valence-electron chi connectivity index (χ1n) is 11.6. The topological polar surface area (TPSA) is 118 Å². The number of H-pyrrole nitrogens is 1. The molecule has 1 saturated carbocycles. The standard InChI is InChI=1S/C23H30N6O4/c1-14(2)21(22-25-26-27-29(22)17-5-3-4-6-17)28(7-8-30)12-16-9-15-10-19-20(33-13-32-19)11-18(15)24-23(16)31/h9-11,14,17,21,30H,3-8,12-13H2,1-2H3,(H,24,31). The summed E-state index contributed by atoms with van der Waals surface area (Å²) in [5.41, 5.74) is 1.15.